The zero-order valence-electron chi connectivity index (χ0n) is 9.22. The van der Waals surface area contributed by atoms with Crippen LogP contribution in [-0.4, -0.2) is 41.3 Å². The molecule has 2 heterocycles. The average Bonchev–Trinajstić information content (AvgIpc) is 2.38. The molecule has 1 aromatic heterocycles. The second-order valence-corrected chi connectivity index (χ2v) is 3.78. The Labute approximate surface area is 101 Å². The van der Waals surface area contributed by atoms with Gasteiger partial charge in [-0.2, -0.15) is 18.3 Å². The normalized spacial score (nSPS) is 20.8. The van der Waals surface area contributed by atoms with E-state index >= 15 is 0 Å². The smallest absolute Gasteiger partial charge is 0.377 e. The van der Waals surface area contributed by atoms with Crippen molar-refractivity contribution in [2.24, 2.45) is 0 Å². The first-order valence-corrected chi connectivity index (χ1v) is 5.22. The molecule has 8 heteroatoms. The first-order chi connectivity index (χ1) is 8.52. The molecule has 1 atom stereocenters. The molecule has 5 nitrogen and oxygen atoms in total. The van der Waals surface area contributed by atoms with E-state index in [0.717, 1.165) is 6.07 Å². The molecule has 98 valence electrons. The van der Waals surface area contributed by atoms with Gasteiger partial charge in [-0.15, -0.1) is 5.10 Å². The van der Waals surface area contributed by atoms with Crippen LogP contribution in [0.15, 0.2) is 12.1 Å². The molecule has 0 N–H and O–H groups in total. The molecule has 0 unspecified atom stereocenters. The molecular weight excluding hydrogens is 251 g/mol. The van der Waals surface area contributed by atoms with Gasteiger partial charge in [0.25, 0.3) is 0 Å². The zero-order valence-corrected chi connectivity index (χ0v) is 9.22. The summed E-state index contributed by atoms with van der Waals surface area (Å²) >= 11 is 0. The molecule has 0 radical (unpaired) electrons. The van der Waals surface area contributed by atoms with Crippen molar-refractivity contribution in [3.63, 3.8) is 0 Å². The Morgan fingerprint density at radius 1 is 1.39 bits per heavy atom. The molecule has 0 saturated carbocycles. The van der Waals surface area contributed by atoms with Gasteiger partial charge >= 0.3 is 6.18 Å². The van der Waals surface area contributed by atoms with Crippen molar-refractivity contribution >= 4 is 6.41 Å². The topological polar surface area (TPSA) is 55.3 Å². The standard InChI is InChI=1S/C10H10F3N3O2/c11-10(12,13)9-2-1-7(14-15-9)8-5-18-4-3-16(8)6-17/h1-2,6,8H,3-5H2/t8-/m1/s1. The van der Waals surface area contributed by atoms with Crippen LogP contribution in [0.2, 0.25) is 0 Å². The molecule has 1 aromatic rings. The van der Waals surface area contributed by atoms with E-state index in [1.807, 2.05) is 0 Å². The number of alkyl halides is 3. The molecule has 0 aliphatic carbocycles. The molecule has 1 saturated heterocycles. The van der Waals surface area contributed by atoms with Gasteiger partial charge in [0, 0.05) is 6.54 Å². The minimum atomic E-state index is -4.51. The number of carbonyl (C=O) groups excluding carboxylic acids is 1. The second-order valence-electron chi connectivity index (χ2n) is 3.78. The lowest BCUT2D eigenvalue weighted by Gasteiger charge is -2.31. The maximum Gasteiger partial charge on any atom is 0.435 e. The lowest BCUT2D eigenvalue weighted by Crippen LogP contribution is -2.39. The van der Waals surface area contributed by atoms with E-state index in [0.29, 0.717) is 19.6 Å². The maximum atomic E-state index is 12.3. The minimum absolute atomic E-state index is 0.207. The highest BCUT2D eigenvalue weighted by atomic mass is 19.4. The fourth-order valence-electron chi connectivity index (χ4n) is 1.67. The summed E-state index contributed by atoms with van der Waals surface area (Å²) in [5.41, 5.74) is -0.768. The Kier molecular flexibility index (Phi) is 3.46. The van der Waals surface area contributed by atoms with Crippen LogP contribution in [0.4, 0.5) is 13.2 Å². The number of hydrogen-bond donors (Lipinski definition) is 0. The van der Waals surface area contributed by atoms with Crippen molar-refractivity contribution in [1.82, 2.24) is 15.1 Å². The van der Waals surface area contributed by atoms with Gasteiger partial charge in [0.15, 0.2) is 5.69 Å². The van der Waals surface area contributed by atoms with E-state index < -0.39 is 17.9 Å². The number of ether oxygens (including phenoxy) is 1. The third-order valence-corrected chi connectivity index (χ3v) is 2.62. The third-order valence-electron chi connectivity index (χ3n) is 2.62. The Hall–Kier alpha value is -1.70. The molecular formula is C10H10F3N3O2. The monoisotopic (exact) mass is 261 g/mol. The van der Waals surface area contributed by atoms with E-state index in [-0.39, 0.29) is 12.3 Å². The first kappa shape index (κ1) is 12.7. The second kappa shape index (κ2) is 4.89. The van der Waals surface area contributed by atoms with Gasteiger partial charge in [0.1, 0.15) is 0 Å². The number of nitrogens with zero attached hydrogens (tertiary/aromatic N) is 3. The van der Waals surface area contributed by atoms with E-state index in [2.05, 4.69) is 10.2 Å². The number of hydrogen-bond acceptors (Lipinski definition) is 4. The number of amides is 1. The van der Waals surface area contributed by atoms with Crippen LogP contribution in [0.5, 0.6) is 0 Å². The Morgan fingerprint density at radius 2 is 2.17 bits per heavy atom. The quantitative estimate of drug-likeness (QED) is 0.746. The summed E-state index contributed by atoms with van der Waals surface area (Å²) < 4.78 is 42.1. The van der Waals surface area contributed by atoms with E-state index in [4.69, 9.17) is 4.74 Å². The first-order valence-electron chi connectivity index (χ1n) is 5.22. The predicted molar refractivity (Wildman–Crippen MR) is 53.4 cm³/mol. The Balaban J connectivity index is 2.20. The van der Waals surface area contributed by atoms with E-state index in [1.54, 1.807) is 0 Å². The summed E-state index contributed by atoms with van der Waals surface area (Å²) in [5.74, 6) is 0. The highest BCUT2D eigenvalue weighted by Crippen LogP contribution is 2.28. The van der Waals surface area contributed by atoms with Crippen LogP contribution in [0.3, 0.4) is 0 Å². The maximum absolute atomic E-state index is 12.3. The predicted octanol–water partition coefficient (Wildman–Crippen LogP) is 1.03. The van der Waals surface area contributed by atoms with Crippen molar-refractivity contribution in [3.05, 3.63) is 23.5 Å². The van der Waals surface area contributed by atoms with Gasteiger partial charge < -0.3 is 9.64 Å². The molecule has 1 aliphatic rings. The van der Waals surface area contributed by atoms with Gasteiger partial charge in [-0.25, -0.2) is 0 Å². The van der Waals surface area contributed by atoms with Gasteiger partial charge in [-0.05, 0) is 12.1 Å². The Bertz CT molecular complexity index is 421. The molecule has 18 heavy (non-hydrogen) atoms. The Morgan fingerprint density at radius 3 is 2.72 bits per heavy atom. The molecule has 0 bridgehead atoms. The average molecular weight is 261 g/mol. The third kappa shape index (κ3) is 2.58. The SMILES string of the molecule is O=CN1CCOC[C@@H]1c1ccc(C(F)(F)F)nn1. The summed E-state index contributed by atoms with van der Waals surface area (Å²) in [4.78, 5) is 12.2. The summed E-state index contributed by atoms with van der Waals surface area (Å²) in [6.45, 7) is 0.999. The van der Waals surface area contributed by atoms with Crippen molar-refractivity contribution in [2.75, 3.05) is 19.8 Å². The lowest BCUT2D eigenvalue weighted by molar-refractivity contribution is -0.142. The number of halogens is 3. The molecule has 0 spiro atoms. The lowest BCUT2D eigenvalue weighted by atomic mass is 10.1. The van der Waals surface area contributed by atoms with Crippen LogP contribution >= 0.6 is 0 Å². The van der Waals surface area contributed by atoms with Crippen LogP contribution in [0.25, 0.3) is 0 Å². The fraction of sp³-hybridized carbons (Fsp3) is 0.500. The van der Waals surface area contributed by atoms with Crippen molar-refractivity contribution in [3.8, 4) is 0 Å². The van der Waals surface area contributed by atoms with Crippen molar-refractivity contribution in [2.45, 2.75) is 12.2 Å². The molecule has 1 amide bonds. The van der Waals surface area contributed by atoms with Gasteiger partial charge in [0.2, 0.25) is 6.41 Å². The van der Waals surface area contributed by atoms with Crippen LogP contribution in [-0.2, 0) is 15.7 Å². The number of carbonyl (C=O) groups is 1. The largest absolute Gasteiger partial charge is 0.435 e. The summed E-state index contributed by atoms with van der Waals surface area (Å²) in [6.07, 6.45) is -3.88. The van der Waals surface area contributed by atoms with Crippen LogP contribution in [0.1, 0.15) is 17.4 Å². The molecule has 0 aromatic carbocycles. The number of rotatable bonds is 2. The molecule has 1 fully saturated rings. The van der Waals surface area contributed by atoms with E-state index in [9.17, 15) is 18.0 Å². The van der Waals surface area contributed by atoms with Gasteiger partial charge in [0.05, 0.1) is 24.9 Å². The van der Waals surface area contributed by atoms with Gasteiger partial charge in [-0.3, -0.25) is 4.79 Å². The van der Waals surface area contributed by atoms with E-state index in [1.165, 1.54) is 11.0 Å². The summed E-state index contributed by atoms with van der Waals surface area (Å²) in [6, 6.07) is 1.58. The van der Waals surface area contributed by atoms with Gasteiger partial charge in [-0.1, -0.05) is 0 Å². The molecule has 1 aliphatic heterocycles. The van der Waals surface area contributed by atoms with Crippen molar-refractivity contribution < 1.29 is 22.7 Å². The fourth-order valence-corrected chi connectivity index (χ4v) is 1.67. The van der Waals surface area contributed by atoms with Crippen molar-refractivity contribution in [1.29, 1.82) is 0 Å². The molecule has 2 rings (SSSR count). The number of aromatic nitrogens is 2. The van der Waals surface area contributed by atoms with Crippen LogP contribution in [0, 0.1) is 0 Å². The summed E-state index contributed by atoms with van der Waals surface area (Å²) in [5, 5.41) is 6.64. The van der Waals surface area contributed by atoms with Crippen LogP contribution < -0.4 is 0 Å². The highest BCUT2D eigenvalue weighted by Gasteiger charge is 2.33. The number of morpholine rings is 1. The zero-order chi connectivity index (χ0) is 13.2. The minimum Gasteiger partial charge on any atom is -0.377 e. The summed E-state index contributed by atoms with van der Waals surface area (Å²) in [7, 11) is 0. The highest BCUT2D eigenvalue weighted by molar-refractivity contribution is 5.48.